The van der Waals surface area contributed by atoms with Gasteiger partial charge in [-0.3, -0.25) is 9.36 Å². The summed E-state index contributed by atoms with van der Waals surface area (Å²) in [5.74, 6) is 0.972. The van der Waals surface area contributed by atoms with Crippen molar-refractivity contribution in [3.05, 3.63) is 69.2 Å². The number of thioether (sulfide) groups is 1. The zero-order valence-electron chi connectivity index (χ0n) is 14.5. The van der Waals surface area contributed by atoms with Crippen LogP contribution in [0.3, 0.4) is 0 Å². The molecule has 0 saturated carbocycles. The second kappa shape index (κ2) is 8.07. The van der Waals surface area contributed by atoms with Crippen LogP contribution >= 0.6 is 23.4 Å². The van der Waals surface area contributed by atoms with Gasteiger partial charge < -0.3 is 0 Å². The van der Waals surface area contributed by atoms with Gasteiger partial charge in [0.2, 0.25) is 0 Å². The molecule has 0 fully saturated rings. The third kappa shape index (κ3) is 4.07. The first-order valence-corrected chi connectivity index (χ1v) is 9.88. The van der Waals surface area contributed by atoms with Crippen molar-refractivity contribution >= 4 is 34.3 Å². The van der Waals surface area contributed by atoms with E-state index in [1.165, 1.54) is 5.56 Å². The average molecular weight is 373 g/mol. The number of hydrogen-bond donors (Lipinski definition) is 0. The van der Waals surface area contributed by atoms with E-state index < -0.39 is 0 Å². The van der Waals surface area contributed by atoms with Crippen molar-refractivity contribution in [2.24, 2.45) is 0 Å². The molecule has 0 aliphatic rings. The second-order valence-electron chi connectivity index (χ2n) is 5.96. The van der Waals surface area contributed by atoms with E-state index in [1.807, 2.05) is 30.3 Å². The fourth-order valence-corrected chi connectivity index (χ4v) is 3.89. The van der Waals surface area contributed by atoms with Gasteiger partial charge in [0, 0.05) is 9.92 Å². The molecule has 0 aliphatic carbocycles. The molecule has 0 unspecified atom stereocenters. The largest absolute Gasteiger partial charge is 0.294 e. The number of halogens is 1. The summed E-state index contributed by atoms with van der Waals surface area (Å²) in [6.07, 6.45) is 3.65. The summed E-state index contributed by atoms with van der Waals surface area (Å²) in [7, 11) is 0. The molecular formula is C20H21ClN2OS. The molecule has 3 aromatic rings. The number of aryl methyl sites for hydroxylation is 1. The van der Waals surface area contributed by atoms with Gasteiger partial charge in [0.05, 0.1) is 23.8 Å². The summed E-state index contributed by atoms with van der Waals surface area (Å²) in [5.41, 5.74) is 2.97. The van der Waals surface area contributed by atoms with Crippen LogP contribution in [-0.2, 0) is 13.0 Å². The van der Waals surface area contributed by atoms with Crippen LogP contribution in [0.25, 0.3) is 10.9 Å². The lowest BCUT2D eigenvalue weighted by Gasteiger charge is -2.12. The van der Waals surface area contributed by atoms with E-state index in [2.05, 4.69) is 24.9 Å². The molecule has 25 heavy (non-hydrogen) atoms. The highest BCUT2D eigenvalue weighted by molar-refractivity contribution is 7.99. The zero-order valence-corrected chi connectivity index (χ0v) is 16.0. The highest BCUT2D eigenvalue weighted by Crippen LogP contribution is 2.26. The highest BCUT2D eigenvalue weighted by atomic mass is 35.5. The highest BCUT2D eigenvalue weighted by Gasteiger charge is 2.09. The zero-order chi connectivity index (χ0) is 17.8. The molecule has 0 bridgehead atoms. The standard InChI is InChI=1S/C20H21ClN2OS/c1-3-5-14-6-8-18-17(10-14)20(24)23(13-22-18)12-15-11-16(21)7-9-19(15)25-4-2/h6-11,13H,3-5,12H2,1-2H3. The molecule has 3 rings (SSSR count). The first-order valence-electron chi connectivity index (χ1n) is 8.51. The van der Waals surface area contributed by atoms with Gasteiger partial charge in [0.15, 0.2) is 0 Å². The molecule has 0 N–H and O–H groups in total. The monoisotopic (exact) mass is 372 g/mol. The Balaban J connectivity index is 2.03. The van der Waals surface area contributed by atoms with Crippen LogP contribution in [-0.4, -0.2) is 15.3 Å². The van der Waals surface area contributed by atoms with Gasteiger partial charge in [-0.1, -0.05) is 37.9 Å². The molecule has 0 radical (unpaired) electrons. The summed E-state index contributed by atoms with van der Waals surface area (Å²) in [6.45, 7) is 4.72. The van der Waals surface area contributed by atoms with E-state index in [0.717, 1.165) is 34.6 Å². The van der Waals surface area contributed by atoms with Crippen molar-refractivity contribution in [2.45, 2.75) is 38.1 Å². The van der Waals surface area contributed by atoms with E-state index in [1.54, 1.807) is 22.7 Å². The van der Waals surface area contributed by atoms with Crippen molar-refractivity contribution in [1.82, 2.24) is 9.55 Å². The maximum absolute atomic E-state index is 12.9. The van der Waals surface area contributed by atoms with Gasteiger partial charge >= 0.3 is 0 Å². The van der Waals surface area contributed by atoms with Crippen LogP contribution in [0.15, 0.2) is 52.4 Å². The van der Waals surface area contributed by atoms with Crippen molar-refractivity contribution in [1.29, 1.82) is 0 Å². The summed E-state index contributed by atoms with van der Waals surface area (Å²) in [6, 6.07) is 11.8. The minimum absolute atomic E-state index is 0.00428. The fraction of sp³-hybridized carbons (Fsp3) is 0.300. The molecular weight excluding hydrogens is 352 g/mol. The van der Waals surface area contributed by atoms with E-state index in [0.29, 0.717) is 17.0 Å². The Morgan fingerprint density at radius 3 is 2.76 bits per heavy atom. The molecule has 130 valence electrons. The molecule has 5 heteroatoms. The van der Waals surface area contributed by atoms with E-state index in [9.17, 15) is 4.79 Å². The third-order valence-corrected chi connectivity index (χ3v) is 5.32. The second-order valence-corrected chi connectivity index (χ2v) is 7.71. The number of hydrogen-bond acceptors (Lipinski definition) is 3. The van der Waals surface area contributed by atoms with Crippen LogP contribution in [0.2, 0.25) is 5.02 Å². The molecule has 1 aromatic heterocycles. The van der Waals surface area contributed by atoms with Gasteiger partial charge in [0.1, 0.15) is 0 Å². The Kier molecular flexibility index (Phi) is 5.82. The predicted molar refractivity (Wildman–Crippen MR) is 107 cm³/mol. The van der Waals surface area contributed by atoms with E-state index in [-0.39, 0.29) is 5.56 Å². The summed E-state index contributed by atoms with van der Waals surface area (Å²) < 4.78 is 1.67. The van der Waals surface area contributed by atoms with Gasteiger partial charge in [-0.05, 0) is 53.6 Å². The van der Waals surface area contributed by atoms with Crippen molar-refractivity contribution in [3.8, 4) is 0 Å². The number of nitrogens with zero attached hydrogens (tertiary/aromatic N) is 2. The Bertz CT molecular complexity index is 952. The molecule has 2 aromatic carbocycles. The lowest BCUT2D eigenvalue weighted by Crippen LogP contribution is -2.21. The molecule has 0 atom stereocenters. The first-order chi connectivity index (χ1) is 12.1. The Hall–Kier alpha value is -1.78. The SMILES string of the molecule is CCCc1ccc2ncn(Cc3cc(Cl)ccc3SCC)c(=O)c2c1. The lowest BCUT2D eigenvalue weighted by molar-refractivity contribution is 0.738. The maximum atomic E-state index is 12.9. The number of fused-ring (bicyclic) bond motifs is 1. The quantitative estimate of drug-likeness (QED) is 0.560. The molecule has 0 amide bonds. The molecule has 0 spiro atoms. The van der Waals surface area contributed by atoms with Crippen LogP contribution in [0.1, 0.15) is 31.4 Å². The topological polar surface area (TPSA) is 34.9 Å². The molecule has 3 nitrogen and oxygen atoms in total. The minimum Gasteiger partial charge on any atom is -0.294 e. The van der Waals surface area contributed by atoms with Crippen LogP contribution in [0.5, 0.6) is 0 Å². The third-order valence-electron chi connectivity index (χ3n) is 4.09. The Labute approximate surface area is 157 Å². The fourth-order valence-electron chi connectivity index (χ4n) is 2.91. The van der Waals surface area contributed by atoms with Crippen molar-refractivity contribution in [3.63, 3.8) is 0 Å². The van der Waals surface area contributed by atoms with Crippen molar-refractivity contribution < 1.29 is 0 Å². The van der Waals surface area contributed by atoms with Gasteiger partial charge in [-0.15, -0.1) is 11.8 Å². The van der Waals surface area contributed by atoms with Gasteiger partial charge in [-0.25, -0.2) is 4.98 Å². The van der Waals surface area contributed by atoms with E-state index in [4.69, 9.17) is 11.6 Å². The normalized spacial score (nSPS) is 11.2. The Morgan fingerprint density at radius 2 is 2.00 bits per heavy atom. The van der Waals surface area contributed by atoms with Crippen LogP contribution in [0.4, 0.5) is 0 Å². The lowest BCUT2D eigenvalue weighted by atomic mass is 10.1. The van der Waals surface area contributed by atoms with Gasteiger partial charge in [0.25, 0.3) is 5.56 Å². The van der Waals surface area contributed by atoms with E-state index >= 15 is 0 Å². The number of rotatable bonds is 6. The maximum Gasteiger partial charge on any atom is 0.261 e. The first kappa shape index (κ1) is 18.0. The molecule has 1 heterocycles. The van der Waals surface area contributed by atoms with Crippen molar-refractivity contribution in [2.75, 3.05) is 5.75 Å². The summed E-state index contributed by atoms with van der Waals surface area (Å²) >= 11 is 7.92. The minimum atomic E-state index is -0.00428. The molecule has 0 saturated heterocycles. The Morgan fingerprint density at radius 1 is 1.16 bits per heavy atom. The van der Waals surface area contributed by atoms with Gasteiger partial charge in [-0.2, -0.15) is 0 Å². The average Bonchev–Trinajstić information content (AvgIpc) is 2.60. The molecule has 0 aliphatic heterocycles. The summed E-state index contributed by atoms with van der Waals surface area (Å²) in [4.78, 5) is 18.5. The predicted octanol–water partition coefficient (Wildman–Crippen LogP) is 5.16. The smallest absolute Gasteiger partial charge is 0.261 e. The van der Waals surface area contributed by atoms with Crippen LogP contribution < -0.4 is 5.56 Å². The number of aromatic nitrogens is 2. The van der Waals surface area contributed by atoms with Crippen LogP contribution in [0, 0.1) is 0 Å². The number of benzene rings is 2. The summed E-state index contributed by atoms with van der Waals surface area (Å²) in [5, 5.41) is 1.36.